The Kier molecular flexibility index (Phi) is 8.04. The van der Waals surface area contributed by atoms with Crippen LogP contribution in [-0.4, -0.2) is 52.7 Å². The molecule has 2 N–H and O–H groups in total. The number of halogens is 2. The molecule has 1 aromatic heterocycles. The normalized spacial score (nSPS) is 14.6. The van der Waals surface area contributed by atoms with Crippen molar-refractivity contribution in [1.82, 2.24) is 19.4 Å². The van der Waals surface area contributed by atoms with Gasteiger partial charge in [-0.1, -0.05) is 63.6 Å². The summed E-state index contributed by atoms with van der Waals surface area (Å²) in [4.78, 5) is 29.0. The van der Waals surface area contributed by atoms with Gasteiger partial charge in [-0.25, -0.2) is 17.8 Å². The molecule has 6 rings (SSSR count). The molecule has 2 amide bonds. The Morgan fingerprint density at radius 3 is 2.35 bits per heavy atom. The number of aliphatic hydroxyl groups is 1. The number of aromatic nitrogens is 2. The lowest BCUT2D eigenvalue weighted by atomic mass is 9.93. The van der Waals surface area contributed by atoms with E-state index in [9.17, 15) is 32.1 Å². The van der Waals surface area contributed by atoms with Crippen molar-refractivity contribution in [3.05, 3.63) is 118 Å². The summed E-state index contributed by atoms with van der Waals surface area (Å²) < 4.78 is 57.0. The van der Waals surface area contributed by atoms with E-state index in [0.29, 0.717) is 17.5 Å². The molecule has 0 aliphatic carbocycles. The lowest BCUT2D eigenvalue weighted by Gasteiger charge is -2.36. The Balaban J connectivity index is 1.41. The summed E-state index contributed by atoms with van der Waals surface area (Å²) in [5.74, 6) is -2.20. The average molecular weight is 646 g/mol. The van der Waals surface area contributed by atoms with Crippen LogP contribution in [0.2, 0.25) is 0 Å². The second-order valence-electron chi connectivity index (χ2n) is 11.1. The molecule has 1 aliphatic heterocycles. The van der Waals surface area contributed by atoms with E-state index in [1.807, 2.05) is 36.4 Å². The third-order valence-electron chi connectivity index (χ3n) is 8.35. The first-order valence-corrected chi connectivity index (χ1v) is 15.8. The molecule has 5 aromatic rings. The lowest BCUT2D eigenvalue weighted by molar-refractivity contribution is 0.0544. The van der Waals surface area contributed by atoms with Crippen molar-refractivity contribution in [3.63, 3.8) is 0 Å². The van der Waals surface area contributed by atoms with Crippen LogP contribution in [-0.2, 0) is 23.0 Å². The predicted octanol–water partition coefficient (Wildman–Crippen LogP) is 4.90. The van der Waals surface area contributed by atoms with E-state index in [-0.39, 0.29) is 40.4 Å². The molecule has 10 nitrogen and oxygen atoms in total. The fourth-order valence-electron chi connectivity index (χ4n) is 5.71. The molecule has 0 bridgehead atoms. The van der Waals surface area contributed by atoms with Crippen LogP contribution >= 0.6 is 0 Å². The second kappa shape index (κ2) is 12.0. The Morgan fingerprint density at radius 1 is 0.957 bits per heavy atom. The fourth-order valence-corrected chi connectivity index (χ4v) is 6.72. The van der Waals surface area contributed by atoms with E-state index >= 15 is 0 Å². The molecule has 0 saturated heterocycles. The van der Waals surface area contributed by atoms with Crippen LogP contribution in [0.15, 0.2) is 89.8 Å². The number of anilines is 1. The van der Waals surface area contributed by atoms with Gasteiger partial charge in [-0.3, -0.25) is 9.59 Å². The largest absolute Gasteiger partial charge is 0.394 e. The van der Waals surface area contributed by atoms with Crippen LogP contribution in [0.5, 0.6) is 0 Å². The van der Waals surface area contributed by atoms with Crippen LogP contribution < -0.4 is 10.1 Å². The summed E-state index contributed by atoms with van der Waals surface area (Å²) in [6, 6.07) is 22.4. The number of carbonyl (C=O) groups is 2. The number of hydrogen-bond acceptors (Lipinski definition) is 7. The summed E-state index contributed by atoms with van der Waals surface area (Å²) in [7, 11) is -4.31. The molecule has 13 heteroatoms. The fraction of sp³-hybridized carbons (Fsp3) is 0.182. The Hall–Kier alpha value is -5.14. The highest BCUT2D eigenvalue weighted by Crippen LogP contribution is 2.30. The maximum atomic E-state index is 14.3. The number of aliphatic hydroxyl groups excluding tert-OH is 1. The maximum Gasteiger partial charge on any atom is 0.265 e. The van der Waals surface area contributed by atoms with E-state index in [2.05, 4.69) is 9.82 Å². The Morgan fingerprint density at radius 2 is 1.65 bits per heavy atom. The highest BCUT2D eigenvalue weighted by molar-refractivity contribution is 7.90. The van der Waals surface area contributed by atoms with Gasteiger partial charge in [-0.05, 0) is 77.8 Å². The number of amides is 2. The van der Waals surface area contributed by atoms with Crippen LogP contribution in [0.3, 0.4) is 0 Å². The standard InChI is InChI=1S/C33H29F2N5O5S/c1-20-21(2)39(36-31(20)40(34)35)30-14-12-25(32(42)37-46(44,45)28-13-11-22-7-3-4-9-24(22)16-28)17-29(30)33(43)38-18-26-10-6-5-8-23(26)15-27(38)19-41/h3-14,16-17,27,41H,15,18-19H2,1-2H3,(H,37,42). The van der Waals surface area contributed by atoms with Gasteiger partial charge >= 0.3 is 0 Å². The number of nitrogens with zero attached hydrogens (tertiary/aromatic N) is 4. The first-order chi connectivity index (χ1) is 22.0. The SMILES string of the molecule is Cc1c(N(F)F)nn(-c2ccc(C(=O)NS(=O)(=O)c3ccc4ccccc4c3)cc2C(=O)N2Cc3ccccc3CC2CO)c1C. The summed E-state index contributed by atoms with van der Waals surface area (Å²) >= 11 is 0. The minimum atomic E-state index is -4.31. The molecular formula is C33H29F2N5O5S. The van der Waals surface area contributed by atoms with Gasteiger partial charge in [0.1, 0.15) is 0 Å². The molecule has 0 spiro atoms. The number of fused-ring (bicyclic) bond motifs is 2. The minimum Gasteiger partial charge on any atom is -0.394 e. The topological polar surface area (TPSA) is 125 Å². The van der Waals surface area contributed by atoms with Gasteiger partial charge in [0.25, 0.3) is 21.8 Å². The van der Waals surface area contributed by atoms with Crippen LogP contribution in [0.25, 0.3) is 16.5 Å². The van der Waals surface area contributed by atoms with Gasteiger partial charge < -0.3 is 10.0 Å². The molecule has 236 valence electrons. The zero-order valence-electron chi connectivity index (χ0n) is 24.8. The molecule has 1 unspecified atom stereocenters. The van der Waals surface area contributed by atoms with Gasteiger partial charge in [-0.2, -0.15) is 0 Å². The number of nitrogens with one attached hydrogen (secondary N) is 1. The van der Waals surface area contributed by atoms with Crippen molar-refractivity contribution in [2.45, 2.75) is 37.8 Å². The predicted molar refractivity (Wildman–Crippen MR) is 167 cm³/mol. The van der Waals surface area contributed by atoms with Gasteiger partial charge in [-0.15, -0.1) is 5.10 Å². The number of hydrogen-bond donors (Lipinski definition) is 2. The van der Waals surface area contributed by atoms with E-state index < -0.39 is 39.0 Å². The first kappa shape index (κ1) is 30.9. The van der Waals surface area contributed by atoms with Gasteiger partial charge in [0, 0.05) is 23.4 Å². The Labute approximate surface area is 263 Å². The first-order valence-electron chi connectivity index (χ1n) is 14.4. The maximum absolute atomic E-state index is 14.3. The number of rotatable bonds is 7. The minimum absolute atomic E-state index is 0.0880. The second-order valence-corrected chi connectivity index (χ2v) is 12.8. The van der Waals surface area contributed by atoms with Gasteiger partial charge in [0.05, 0.1) is 28.8 Å². The number of benzene rings is 4. The molecule has 1 aliphatic rings. The quantitative estimate of drug-likeness (QED) is 0.242. The number of carbonyl (C=O) groups excluding carboxylic acids is 2. The average Bonchev–Trinajstić information content (AvgIpc) is 3.36. The van der Waals surface area contributed by atoms with Crippen molar-refractivity contribution in [2.24, 2.45) is 0 Å². The third-order valence-corrected chi connectivity index (χ3v) is 9.68. The number of sulfonamides is 1. The van der Waals surface area contributed by atoms with Crippen molar-refractivity contribution in [2.75, 3.05) is 12.0 Å². The summed E-state index contributed by atoms with van der Waals surface area (Å²) in [5, 5.41) is 14.6. The van der Waals surface area contributed by atoms with Crippen molar-refractivity contribution in [1.29, 1.82) is 0 Å². The monoisotopic (exact) mass is 645 g/mol. The van der Waals surface area contributed by atoms with E-state index in [0.717, 1.165) is 16.5 Å². The van der Waals surface area contributed by atoms with Crippen molar-refractivity contribution >= 4 is 38.4 Å². The molecule has 0 saturated carbocycles. The zero-order chi connectivity index (χ0) is 32.7. The Bertz CT molecular complexity index is 2120. The molecule has 4 aromatic carbocycles. The molecule has 2 heterocycles. The molecule has 1 atom stereocenters. The molecule has 0 fully saturated rings. The van der Waals surface area contributed by atoms with Gasteiger partial charge in [0.15, 0.2) is 0 Å². The molecule has 0 radical (unpaired) electrons. The smallest absolute Gasteiger partial charge is 0.265 e. The highest BCUT2D eigenvalue weighted by atomic mass is 32.2. The zero-order valence-corrected chi connectivity index (χ0v) is 25.6. The van der Waals surface area contributed by atoms with Gasteiger partial charge in [0.2, 0.25) is 5.82 Å². The van der Waals surface area contributed by atoms with Crippen LogP contribution in [0, 0.1) is 13.8 Å². The highest BCUT2D eigenvalue weighted by Gasteiger charge is 2.33. The van der Waals surface area contributed by atoms with E-state index in [4.69, 9.17) is 0 Å². The van der Waals surface area contributed by atoms with E-state index in [1.165, 1.54) is 46.8 Å². The van der Waals surface area contributed by atoms with Crippen molar-refractivity contribution in [3.8, 4) is 5.69 Å². The molecule has 46 heavy (non-hydrogen) atoms. The van der Waals surface area contributed by atoms with Crippen LogP contribution in [0.4, 0.5) is 14.8 Å². The third kappa shape index (κ3) is 5.59. The lowest BCUT2D eigenvalue weighted by Crippen LogP contribution is -2.46. The van der Waals surface area contributed by atoms with Crippen LogP contribution in [0.1, 0.15) is 43.1 Å². The summed E-state index contributed by atoms with van der Waals surface area (Å²) in [6.07, 6.45) is 0.376. The van der Waals surface area contributed by atoms with E-state index in [1.54, 1.807) is 25.1 Å². The summed E-state index contributed by atoms with van der Waals surface area (Å²) in [6.45, 7) is 2.83. The molecular weight excluding hydrogens is 616 g/mol. The summed E-state index contributed by atoms with van der Waals surface area (Å²) in [5.41, 5.74) is 2.20. The van der Waals surface area contributed by atoms with Crippen molar-refractivity contribution < 1.29 is 32.1 Å².